The minimum absolute atomic E-state index is 0.423. The number of pyridine rings is 1. The highest BCUT2D eigenvalue weighted by molar-refractivity contribution is 6.29. The van der Waals surface area contributed by atoms with E-state index in [-0.39, 0.29) is 0 Å². The van der Waals surface area contributed by atoms with Crippen LogP contribution in [0.2, 0.25) is 5.15 Å². The van der Waals surface area contributed by atoms with Gasteiger partial charge in [-0.05, 0) is 46.2 Å². The van der Waals surface area contributed by atoms with E-state index < -0.39 is 17.2 Å². The number of carbonyl (C=O) groups is 1. The minimum Gasteiger partial charge on any atom is -0.444 e. The van der Waals surface area contributed by atoms with Crippen molar-refractivity contribution >= 4 is 17.7 Å². The molecule has 0 saturated carbocycles. The highest BCUT2D eigenvalue weighted by Gasteiger charge is 2.26. The highest BCUT2D eigenvalue weighted by atomic mass is 35.5. The summed E-state index contributed by atoms with van der Waals surface area (Å²) >= 11 is 5.73. The Labute approximate surface area is 113 Å². The molecule has 0 aromatic carbocycles. The summed E-state index contributed by atoms with van der Waals surface area (Å²) in [6.07, 6.45) is 1.18. The van der Waals surface area contributed by atoms with E-state index >= 15 is 0 Å². The molecular weight excluding hydrogens is 252 g/mol. The molecule has 0 aliphatic rings. The van der Waals surface area contributed by atoms with Crippen LogP contribution in [0, 0.1) is 0 Å². The number of nitrogens with zero attached hydrogens (tertiary/aromatic N) is 1. The average molecular weight is 271 g/mol. The van der Waals surface area contributed by atoms with Gasteiger partial charge in [-0.2, -0.15) is 0 Å². The molecule has 0 atom stereocenters. The fraction of sp³-hybridized carbons (Fsp3) is 0.538. The quantitative estimate of drug-likeness (QED) is 0.837. The number of carbonyl (C=O) groups excluding carboxylic acids is 1. The molecule has 1 amide bonds. The van der Waals surface area contributed by atoms with Crippen LogP contribution in [0.25, 0.3) is 0 Å². The Hall–Kier alpha value is -1.29. The lowest BCUT2D eigenvalue weighted by molar-refractivity contribution is 0.0470. The molecular formula is C13H19ClN2O2. The lowest BCUT2D eigenvalue weighted by Crippen LogP contribution is -2.43. The summed E-state index contributed by atoms with van der Waals surface area (Å²) in [7, 11) is 0. The smallest absolute Gasteiger partial charge is 0.408 e. The van der Waals surface area contributed by atoms with Gasteiger partial charge in [0.2, 0.25) is 0 Å². The zero-order chi connectivity index (χ0) is 14.0. The molecule has 5 heteroatoms. The Morgan fingerprint density at radius 2 is 1.89 bits per heavy atom. The molecule has 0 unspecified atom stereocenters. The van der Waals surface area contributed by atoms with Crippen LogP contribution in [0.5, 0.6) is 0 Å². The fourth-order valence-corrected chi connectivity index (χ4v) is 1.49. The molecule has 0 fully saturated rings. The molecule has 4 nitrogen and oxygen atoms in total. The first-order valence-corrected chi connectivity index (χ1v) is 6.11. The molecule has 0 aliphatic heterocycles. The van der Waals surface area contributed by atoms with Gasteiger partial charge in [0.05, 0.1) is 5.54 Å². The van der Waals surface area contributed by atoms with Gasteiger partial charge in [0.1, 0.15) is 10.8 Å². The van der Waals surface area contributed by atoms with Gasteiger partial charge in [-0.3, -0.25) is 0 Å². The maximum atomic E-state index is 11.7. The fourth-order valence-electron chi connectivity index (χ4n) is 1.38. The number of ether oxygens (including phenoxy) is 1. The van der Waals surface area contributed by atoms with E-state index in [0.717, 1.165) is 5.56 Å². The van der Waals surface area contributed by atoms with Gasteiger partial charge in [0.25, 0.3) is 0 Å². The van der Waals surface area contributed by atoms with Gasteiger partial charge < -0.3 is 10.1 Å². The lowest BCUT2D eigenvalue weighted by Gasteiger charge is -2.28. The molecule has 1 heterocycles. The third kappa shape index (κ3) is 4.53. The van der Waals surface area contributed by atoms with Crippen molar-refractivity contribution in [3.8, 4) is 0 Å². The van der Waals surface area contributed by atoms with Gasteiger partial charge in [0, 0.05) is 6.20 Å². The van der Waals surface area contributed by atoms with Crippen molar-refractivity contribution in [1.82, 2.24) is 10.3 Å². The number of amides is 1. The lowest BCUT2D eigenvalue weighted by atomic mass is 9.96. The third-order valence-electron chi connectivity index (χ3n) is 2.26. The largest absolute Gasteiger partial charge is 0.444 e. The summed E-state index contributed by atoms with van der Waals surface area (Å²) in [5.41, 5.74) is -0.226. The van der Waals surface area contributed by atoms with E-state index in [4.69, 9.17) is 16.3 Å². The Bertz CT molecular complexity index is 422. The molecule has 1 aromatic rings. The topological polar surface area (TPSA) is 51.2 Å². The molecule has 0 radical (unpaired) electrons. The van der Waals surface area contributed by atoms with Crippen LogP contribution in [0.15, 0.2) is 18.3 Å². The zero-order valence-electron chi connectivity index (χ0n) is 11.4. The van der Waals surface area contributed by atoms with Gasteiger partial charge in [-0.1, -0.05) is 17.7 Å². The zero-order valence-corrected chi connectivity index (χ0v) is 12.1. The molecule has 1 aromatic heterocycles. The molecule has 0 saturated heterocycles. The number of hydrogen-bond donors (Lipinski definition) is 1. The van der Waals surface area contributed by atoms with Crippen molar-refractivity contribution in [2.45, 2.75) is 45.8 Å². The van der Waals surface area contributed by atoms with E-state index in [2.05, 4.69) is 10.3 Å². The van der Waals surface area contributed by atoms with E-state index in [1.807, 2.05) is 40.7 Å². The van der Waals surface area contributed by atoms with E-state index in [1.54, 1.807) is 12.3 Å². The van der Waals surface area contributed by atoms with Crippen LogP contribution in [0.4, 0.5) is 4.79 Å². The molecule has 100 valence electrons. The summed E-state index contributed by atoms with van der Waals surface area (Å²) in [5.74, 6) is 0. The van der Waals surface area contributed by atoms with E-state index in [9.17, 15) is 4.79 Å². The van der Waals surface area contributed by atoms with Crippen LogP contribution in [-0.2, 0) is 10.3 Å². The molecule has 0 spiro atoms. The third-order valence-corrected chi connectivity index (χ3v) is 2.49. The van der Waals surface area contributed by atoms with Crippen molar-refractivity contribution < 1.29 is 9.53 Å². The van der Waals surface area contributed by atoms with Gasteiger partial charge in [-0.25, -0.2) is 9.78 Å². The van der Waals surface area contributed by atoms with Crippen LogP contribution >= 0.6 is 11.6 Å². The molecule has 18 heavy (non-hydrogen) atoms. The van der Waals surface area contributed by atoms with Crippen LogP contribution in [-0.4, -0.2) is 16.7 Å². The predicted molar refractivity (Wildman–Crippen MR) is 71.6 cm³/mol. The second kappa shape index (κ2) is 5.14. The number of rotatable bonds is 2. The van der Waals surface area contributed by atoms with Gasteiger partial charge in [0.15, 0.2) is 0 Å². The molecule has 0 bridgehead atoms. The SMILES string of the molecule is CC(C)(C)OC(=O)NC(C)(C)c1ccc(Cl)nc1. The molecule has 1 N–H and O–H groups in total. The number of halogens is 1. The standard InChI is InChI=1S/C13H19ClN2O2/c1-12(2,3)18-11(17)16-13(4,5)9-6-7-10(14)15-8-9/h6-8H,1-5H3,(H,16,17). The van der Waals surface area contributed by atoms with Crippen LogP contribution < -0.4 is 5.32 Å². The molecule has 1 rings (SSSR count). The first-order valence-electron chi connectivity index (χ1n) is 5.73. The Kier molecular flexibility index (Phi) is 4.22. The number of alkyl carbamates (subject to hydrolysis) is 1. The minimum atomic E-state index is -0.570. The Morgan fingerprint density at radius 3 is 2.33 bits per heavy atom. The maximum absolute atomic E-state index is 11.7. The predicted octanol–water partition coefficient (Wildman–Crippen LogP) is 3.49. The second-order valence-corrected chi connectivity index (χ2v) is 6.01. The summed E-state index contributed by atoms with van der Waals surface area (Å²) in [4.78, 5) is 15.7. The van der Waals surface area contributed by atoms with Crippen molar-refractivity contribution in [3.63, 3.8) is 0 Å². The second-order valence-electron chi connectivity index (χ2n) is 5.62. The Morgan fingerprint density at radius 1 is 1.28 bits per heavy atom. The number of hydrogen-bond acceptors (Lipinski definition) is 3. The summed E-state index contributed by atoms with van der Waals surface area (Å²) in [5, 5.41) is 3.23. The summed E-state index contributed by atoms with van der Waals surface area (Å²) in [6.45, 7) is 9.22. The van der Waals surface area contributed by atoms with Crippen molar-refractivity contribution in [3.05, 3.63) is 29.0 Å². The van der Waals surface area contributed by atoms with Crippen LogP contribution in [0.1, 0.15) is 40.2 Å². The highest BCUT2D eigenvalue weighted by Crippen LogP contribution is 2.21. The van der Waals surface area contributed by atoms with Gasteiger partial charge >= 0.3 is 6.09 Å². The van der Waals surface area contributed by atoms with Crippen molar-refractivity contribution in [1.29, 1.82) is 0 Å². The normalized spacial score (nSPS) is 12.1. The monoisotopic (exact) mass is 270 g/mol. The van der Waals surface area contributed by atoms with E-state index in [1.165, 1.54) is 0 Å². The molecule has 0 aliphatic carbocycles. The first kappa shape index (κ1) is 14.8. The number of aromatic nitrogens is 1. The van der Waals surface area contributed by atoms with E-state index in [0.29, 0.717) is 5.15 Å². The average Bonchev–Trinajstić information content (AvgIpc) is 2.13. The summed E-state index contributed by atoms with van der Waals surface area (Å²) < 4.78 is 5.22. The number of nitrogens with one attached hydrogen (secondary N) is 1. The van der Waals surface area contributed by atoms with Crippen molar-refractivity contribution in [2.24, 2.45) is 0 Å². The van der Waals surface area contributed by atoms with Crippen LogP contribution in [0.3, 0.4) is 0 Å². The maximum Gasteiger partial charge on any atom is 0.408 e. The van der Waals surface area contributed by atoms with Crippen molar-refractivity contribution in [2.75, 3.05) is 0 Å². The van der Waals surface area contributed by atoms with Gasteiger partial charge in [-0.15, -0.1) is 0 Å². The first-order chi connectivity index (χ1) is 8.10. The Balaban J connectivity index is 2.75. The summed E-state index contributed by atoms with van der Waals surface area (Å²) in [6, 6.07) is 3.52.